The smallest absolute Gasteiger partial charge is 0.0589 e. The summed E-state index contributed by atoms with van der Waals surface area (Å²) in [6.45, 7) is 8.87. The fourth-order valence-corrected chi connectivity index (χ4v) is 3.63. The summed E-state index contributed by atoms with van der Waals surface area (Å²) in [4.78, 5) is 2.68. The highest BCUT2D eigenvalue weighted by Gasteiger charge is 2.36. The van der Waals surface area contributed by atoms with Gasteiger partial charge in [-0.05, 0) is 32.6 Å². The van der Waals surface area contributed by atoms with Gasteiger partial charge in [-0.15, -0.1) is 0 Å². The molecule has 0 radical (unpaired) electrons. The van der Waals surface area contributed by atoms with Crippen molar-refractivity contribution in [3.8, 4) is 0 Å². The fourth-order valence-electron chi connectivity index (χ4n) is 3.63. The number of hydrogen-bond donors (Lipinski definition) is 1. The molecule has 1 saturated heterocycles. The van der Waals surface area contributed by atoms with Crippen molar-refractivity contribution in [2.24, 2.45) is 5.92 Å². The third-order valence-corrected chi connectivity index (χ3v) is 4.63. The number of nitrogens with one attached hydrogen (secondary N) is 1. The molecule has 0 spiro atoms. The second kappa shape index (κ2) is 6.36. The molecule has 0 amide bonds. The Morgan fingerprint density at radius 1 is 1.22 bits per heavy atom. The number of piperazine rings is 1. The molecule has 1 saturated carbocycles. The van der Waals surface area contributed by atoms with Crippen LogP contribution in [0.5, 0.6) is 0 Å². The van der Waals surface area contributed by atoms with E-state index in [1.54, 1.807) is 0 Å². The lowest BCUT2D eigenvalue weighted by Crippen LogP contribution is -2.63. The van der Waals surface area contributed by atoms with Gasteiger partial charge in [-0.1, -0.05) is 19.3 Å². The number of rotatable bonds is 4. The van der Waals surface area contributed by atoms with Gasteiger partial charge >= 0.3 is 0 Å². The van der Waals surface area contributed by atoms with Gasteiger partial charge in [0.25, 0.3) is 0 Å². The van der Waals surface area contributed by atoms with Gasteiger partial charge in [0.1, 0.15) is 0 Å². The summed E-state index contributed by atoms with van der Waals surface area (Å²) in [5.41, 5.74) is 0.249. The predicted octanol–water partition coefficient (Wildman–Crippen LogP) is 2.27. The van der Waals surface area contributed by atoms with Crippen molar-refractivity contribution in [1.29, 1.82) is 0 Å². The van der Waals surface area contributed by atoms with Gasteiger partial charge in [0.15, 0.2) is 0 Å². The summed E-state index contributed by atoms with van der Waals surface area (Å²) in [5, 5.41) is 3.73. The molecule has 1 aliphatic carbocycles. The summed E-state index contributed by atoms with van der Waals surface area (Å²) in [6, 6.07) is 0.730. The van der Waals surface area contributed by atoms with Crippen LogP contribution in [-0.2, 0) is 4.74 Å². The lowest BCUT2D eigenvalue weighted by atomic mass is 9.81. The lowest BCUT2D eigenvalue weighted by Gasteiger charge is -2.48. The molecule has 2 fully saturated rings. The van der Waals surface area contributed by atoms with Gasteiger partial charge in [-0.25, -0.2) is 0 Å². The van der Waals surface area contributed by atoms with E-state index in [1.165, 1.54) is 32.1 Å². The van der Waals surface area contributed by atoms with Crippen LogP contribution < -0.4 is 5.32 Å². The van der Waals surface area contributed by atoms with Gasteiger partial charge in [-0.3, -0.25) is 4.90 Å². The van der Waals surface area contributed by atoms with E-state index in [4.69, 9.17) is 4.74 Å². The molecule has 106 valence electrons. The van der Waals surface area contributed by atoms with E-state index < -0.39 is 0 Å². The Labute approximate surface area is 112 Å². The van der Waals surface area contributed by atoms with Crippen molar-refractivity contribution in [3.05, 3.63) is 0 Å². The first-order chi connectivity index (χ1) is 8.62. The van der Waals surface area contributed by atoms with E-state index in [2.05, 4.69) is 24.1 Å². The molecule has 3 nitrogen and oxygen atoms in total. The van der Waals surface area contributed by atoms with Crippen LogP contribution in [0.2, 0.25) is 0 Å². The van der Waals surface area contributed by atoms with Crippen molar-refractivity contribution in [2.75, 3.05) is 33.4 Å². The second-order valence-electron chi connectivity index (χ2n) is 6.69. The molecule has 2 aliphatic rings. The zero-order chi connectivity index (χ0) is 13.0. The van der Waals surface area contributed by atoms with Gasteiger partial charge in [0.2, 0.25) is 0 Å². The molecule has 1 aliphatic heterocycles. The van der Waals surface area contributed by atoms with Crippen molar-refractivity contribution < 1.29 is 4.74 Å². The van der Waals surface area contributed by atoms with Crippen molar-refractivity contribution >= 4 is 0 Å². The summed E-state index contributed by atoms with van der Waals surface area (Å²) < 4.78 is 5.29. The van der Waals surface area contributed by atoms with Gasteiger partial charge < -0.3 is 10.1 Å². The molecule has 0 bridgehead atoms. The van der Waals surface area contributed by atoms with E-state index in [0.717, 1.165) is 38.2 Å². The van der Waals surface area contributed by atoms with Gasteiger partial charge in [0, 0.05) is 38.3 Å². The number of methoxy groups -OCH3 is 1. The molecule has 0 aromatic carbocycles. The van der Waals surface area contributed by atoms with Crippen LogP contribution in [0.4, 0.5) is 0 Å². The first-order valence-electron chi connectivity index (χ1n) is 7.60. The first-order valence-corrected chi connectivity index (χ1v) is 7.60. The third-order valence-electron chi connectivity index (χ3n) is 4.63. The number of nitrogens with zero attached hydrogens (tertiary/aromatic N) is 1. The molecular weight excluding hydrogens is 224 g/mol. The summed E-state index contributed by atoms with van der Waals surface area (Å²) in [7, 11) is 1.81. The minimum Gasteiger partial charge on any atom is -0.383 e. The van der Waals surface area contributed by atoms with Crippen molar-refractivity contribution in [1.82, 2.24) is 10.2 Å². The van der Waals surface area contributed by atoms with E-state index in [1.807, 2.05) is 7.11 Å². The zero-order valence-corrected chi connectivity index (χ0v) is 12.4. The number of ether oxygens (including phenoxy) is 1. The molecule has 0 aromatic heterocycles. The molecular formula is C15H30N2O. The Kier molecular flexibility index (Phi) is 5.05. The molecule has 18 heavy (non-hydrogen) atoms. The van der Waals surface area contributed by atoms with Gasteiger partial charge in [0.05, 0.1) is 6.61 Å². The van der Waals surface area contributed by atoms with Crippen molar-refractivity contribution in [3.63, 3.8) is 0 Å². The highest BCUT2D eigenvalue weighted by Crippen LogP contribution is 2.31. The Balaban J connectivity index is 1.96. The maximum absolute atomic E-state index is 5.29. The van der Waals surface area contributed by atoms with Crippen LogP contribution in [0.1, 0.15) is 46.0 Å². The van der Waals surface area contributed by atoms with E-state index >= 15 is 0 Å². The van der Waals surface area contributed by atoms with Crippen LogP contribution in [0.25, 0.3) is 0 Å². The molecule has 1 heterocycles. The minimum absolute atomic E-state index is 0.249. The summed E-state index contributed by atoms with van der Waals surface area (Å²) in [6.07, 6.45) is 7.16. The van der Waals surface area contributed by atoms with E-state index in [9.17, 15) is 0 Å². The highest BCUT2D eigenvalue weighted by atomic mass is 16.5. The molecule has 1 atom stereocenters. The normalized spacial score (nSPS) is 30.5. The average molecular weight is 254 g/mol. The number of hydrogen-bond acceptors (Lipinski definition) is 3. The molecule has 1 N–H and O–H groups in total. The zero-order valence-electron chi connectivity index (χ0n) is 12.4. The first kappa shape index (κ1) is 14.3. The van der Waals surface area contributed by atoms with Crippen LogP contribution in [0, 0.1) is 5.92 Å². The topological polar surface area (TPSA) is 24.5 Å². The third kappa shape index (κ3) is 3.69. The van der Waals surface area contributed by atoms with Gasteiger partial charge in [-0.2, -0.15) is 0 Å². The summed E-state index contributed by atoms with van der Waals surface area (Å²) in [5.74, 6) is 0.902. The Hall–Kier alpha value is -0.120. The predicted molar refractivity (Wildman–Crippen MR) is 75.9 cm³/mol. The Morgan fingerprint density at radius 2 is 1.94 bits per heavy atom. The monoisotopic (exact) mass is 254 g/mol. The van der Waals surface area contributed by atoms with Crippen LogP contribution in [0.15, 0.2) is 0 Å². The van der Waals surface area contributed by atoms with Crippen LogP contribution in [0.3, 0.4) is 0 Å². The van der Waals surface area contributed by atoms with Crippen molar-refractivity contribution in [2.45, 2.75) is 57.5 Å². The fraction of sp³-hybridized carbons (Fsp3) is 1.00. The van der Waals surface area contributed by atoms with Crippen LogP contribution in [-0.4, -0.2) is 49.8 Å². The molecule has 0 aromatic rings. The maximum atomic E-state index is 5.29. The lowest BCUT2D eigenvalue weighted by molar-refractivity contribution is 0.0288. The SMILES string of the molecule is COCCN1CC(C)(C)NCC1C1CCCCC1. The highest BCUT2D eigenvalue weighted by molar-refractivity contribution is 4.95. The molecule has 1 unspecified atom stereocenters. The van der Waals surface area contributed by atoms with E-state index in [-0.39, 0.29) is 5.54 Å². The molecule has 2 rings (SSSR count). The molecule has 3 heteroatoms. The average Bonchev–Trinajstić information content (AvgIpc) is 2.36. The standard InChI is InChI=1S/C15H30N2O/c1-15(2)12-17(9-10-18-3)14(11-16-15)13-7-5-4-6-8-13/h13-14,16H,4-12H2,1-3H3. The second-order valence-corrected chi connectivity index (χ2v) is 6.69. The minimum atomic E-state index is 0.249. The maximum Gasteiger partial charge on any atom is 0.0589 e. The Bertz CT molecular complexity index is 249. The Morgan fingerprint density at radius 3 is 2.61 bits per heavy atom. The van der Waals surface area contributed by atoms with E-state index in [0.29, 0.717) is 0 Å². The quantitative estimate of drug-likeness (QED) is 0.833. The van der Waals surface area contributed by atoms with Crippen LogP contribution >= 0.6 is 0 Å². The summed E-state index contributed by atoms with van der Waals surface area (Å²) >= 11 is 0. The largest absolute Gasteiger partial charge is 0.383 e.